The molecule has 5 atom stereocenters. The highest BCUT2D eigenvalue weighted by molar-refractivity contribution is 8.80. The van der Waals surface area contributed by atoms with Crippen LogP contribution in [0.3, 0.4) is 0 Å². The summed E-state index contributed by atoms with van der Waals surface area (Å²) >= 11 is 44.4. The average molecular weight is 788 g/mol. The molecule has 18 heteroatoms. The van der Waals surface area contributed by atoms with E-state index in [1.165, 1.54) is 5.08 Å². The van der Waals surface area contributed by atoms with E-state index >= 15 is 0 Å². The zero-order valence-electron chi connectivity index (χ0n) is 17.8. The fraction of sp³-hybridized carbons (Fsp3) is 1.00. The van der Waals surface area contributed by atoms with Crippen LogP contribution in [0.1, 0.15) is 0 Å². The molecule has 1 saturated heterocycles. The van der Waals surface area contributed by atoms with Crippen molar-refractivity contribution in [2.24, 2.45) is 0 Å². The molecule has 1 fully saturated rings. The Hall–Kier alpha value is 6.30. The molecule has 1 aliphatic heterocycles. The Bertz CT molecular complexity index is 453. The molecule has 33 heavy (non-hydrogen) atoms. The number of hydrogen-bond donors (Lipinski definition) is 5. The quantitative estimate of drug-likeness (QED) is 0.0306. The van der Waals surface area contributed by atoms with Crippen LogP contribution in [0.5, 0.6) is 0 Å². The lowest BCUT2D eigenvalue weighted by Gasteiger charge is -2.30. The Morgan fingerprint density at radius 2 is 1.24 bits per heavy atom. The van der Waals surface area contributed by atoms with Crippen molar-refractivity contribution in [3.63, 3.8) is 0 Å². The lowest BCUT2D eigenvalue weighted by molar-refractivity contribution is 1.35. The molecule has 1 aliphatic rings. The maximum absolute atomic E-state index is 4.54. The first-order valence-electron chi connectivity index (χ1n) is 9.11. The van der Waals surface area contributed by atoms with Gasteiger partial charge in [0, 0.05) is 25.4 Å². The number of hydrogen-bond acceptors (Lipinski definition) is 18. The van der Waals surface area contributed by atoms with E-state index < -0.39 is 0 Å². The molecule has 0 amide bonds. The average Bonchev–Trinajstić information content (AvgIpc) is 2.76. The summed E-state index contributed by atoms with van der Waals surface area (Å²) in [6.45, 7) is 0. The van der Waals surface area contributed by atoms with Crippen LogP contribution < -0.4 is 0 Å². The molecule has 0 aromatic heterocycles. The Morgan fingerprint density at radius 1 is 0.727 bits per heavy atom. The molecule has 0 radical (unpaired) electrons. The van der Waals surface area contributed by atoms with Crippen LogP contribution in [-0.2, 0) is 0 Å². The van der Waals surface area contributed by atoms with Gasteiger partial charge in [-0.15, -0.1) is 129 Å². The van der Waals surface area contributed by atoms with Crippen LogP contribution in [0.2, 0.25) is 0 Å². The number of thiol groups is 5. The van der Waals surface area contributed by atoms with Crippen molar-refractivity contribution in [1.82, 2.24) is 0 Å². The highest BCUT2D eigenvalue weighted by Crippen LogP contribution is 2.52. The summed E-state index contributed by atoms with van der Waals surface area (Å²) < 4.78 is 3.42. The second-order valence-electron chi connectivity index (χ2n) is 5.43. The van der Waals surface area contributed by atoms with Crippen molar-refractivity contribution < 1.29 is 0 Å². The molecule has 0 spiro atoms. The van der Waals surface area contributed by atoms with Gasteiger partial charge in [0.25, 0.3) is 0 Å². The summed E-state index contributed by atoms with van der Waals surface area (Å²) in [6.07, 6.45) is 4.42. The first-order valence-corrected chi connectivity index (χ1v) is 26.3. The largest absolute Gasteiger partial charge is 0.168 e. The highest BCUT2D eigenvalue weighted by atomic mass is 33.1. The second-order valence-corrected chi connectivity index (χ2v) is 27.4. The second kappa shape index (κ2) is 24.9. The molecule has 0 aliphatic carbocycles. The van der Waals surface area contributed by atoms with Gasteiger partial charge in [0.05, 0.1) is 36.5 Å². The van der Waals surface area contributed by atoms with Crippen molar-refractivity contribution in [3.8, 4) is 0 Å². The molecule has 0 saturated carbocycles. The summed E-state index contributed by atoms with van der Waals surface area (Å²) in [6, 6.07) is 0. The van der Waals surface area contributed by atoms with Gasteiger partial charge in [-0.1, -0.05) is 21.6 Å². The summed E-state index contributed by atoms with van der Waals surface area (Å²) in [5.74, 6) is 0. The molecule has 0 N–H and O–H groups in total. The summed E-state index contributed by atoms with van der Waals surface area (Å²) in [7, 11) is 4.08. The molecule has 0 nitrogen and oxygen atoms in total. The van der Waals surface area contributed by atoms with Gasteiger partial charge in [-0.05, 0) is 12.5 Å². The van der Waals surface area contributed by atoms with E-state index in [2.05, 4.69) is 133 Å². The van der Waals surface area contributed by atoms with E-state index in [4.69, 9.17) is 0 Å². The van der Waals surface area contributed by atoms with Gasteiger partial charge in [-0.25, -0.2) is 0 Å². The molecule has 1 heterocycles. The highest BCUT2D eigenvalue weighted by Gasteiger charge is 2.30. The summed E-state index contributed by atoms with van der Waals surface area (Å²) in [5, 5.41) is 5.96. The number of rotatable bonds is 22. The van der Waals surface area contributed by atoms with E-state index in [0.717, 1.165) is 30.0 Å². The maximum Gasteiger partial charge on any atom is 0.0911 e. The van der Waals surface area contributed by atoms with E-state index in [1.807, 2.05) is 93.1 Å². The Balaban J connectivity index is 2.54. The van der Waals surface area contributed by atoms with E-state index in [1.54, 1.807) is 0 Å². The van der Waals surface area contributed by atoms with Crippen molar-refractivity contribution >= 4 is 214 Å². The van der Waals surface area contributed by atoms with E-state index in [0.29, 0.717) is 22.9 Å². The van der Waals surface area contributed by atoms with Crippen molar-refractivity contribution in [2.45, 2.75) is 31.4 Å². The molecule has 1 rings (SSSR count). The third-order valence-electron chi connectivity index (χ3n) is 3.48. The molecule has 198 valence electrons. The topological polar surface area (TPSA) is 0 Å². The van der Waals surface area contributed by atoms with Gasteiger partial charge in [-0.2, -0.15) is 63.1 Å². The predicted molar refractivity (Wildman–Crippen MR) is 211 cm³/mol. The summed E-state index contributed by atoms with van der Waals surface area (Å²) in [4.78, 5) is 0. The predicted octanol–water partition coefficient (Wildman–Crippen LogP) is 10.3. The minimum atomic E-state index is 0.0429. The standard InChI is InChI=1S/C15H30S18/c1-21-9(32-15(19)20)11(23-3-16)26-6-29-13(24-4-17)14(25-5-18)30-8-31-33-10(22-2)12-27-7-28-12/h9-20H,3-8H2,1-2H3. The smallest absolute Gasteiger partial charge is 0.0911 e. The van der Waals surface area contributed by atoms with Crippen molar-refractivity contribution in [2.75, 3.05) is 43.0 Å². The van der Waals surface area contributed by atoms with Gasteiger partial charge in [-0.3, -0.25) is 0 Å². The van der Waals surface area contributed by atoms with Gasteiger partial charge >= 0.3 is 0 Å². The first kappa shape index (κ1) is 37.3. The fourth-order valence-corrected chi connectivity index (χ4v) is 25.5. The Kier molecular flexibility index (Phi) is 28.1. The van der Waals surface area contributed by atoms with Gasteiger partial charge < -0.3 is 0 Å². The van der Waals surface area contributed by atoms with Crippen molar-refractivity contribution in [1.29, 1.82) is 0 Å². The monoisotopic (exact) mass is 786 g/mol. The third-order valence-corrected chi connectivity index (χ3v) is 26.1. The van der Waals surface area contributed by atoms with Gasteiger partial charge in [0.15, 0.2) is 0 Å². The van der Waals surface area contributed by atoms with Crippen LogP contribution in [0.25, 0.3) is 0 Å². The van der Waals surface area contributed by atoms with Gasteiger partial charge in [0.2, 0.25) is 0 Å². The molecule has 5 unspecified atom stereocenters. The molecule has 0 aromatic rings. The fourth-order valence-electron chi connectivity index (χ4n) is 2.05. The number of thioether (sulfide) groups is 11. The molecule has 0 bridgehead atoms. The zero-order valence-corrected chi connectivity index (χ0v) is 32.9. The van der Waals surface area contributed by atoms with Crippen LogP contribution in [0, 0.1) is 0 Å². The zero-order chi connectivity index (χ0) is 24.5. The van der Waals surface area contributed by atoms with Gasteiger partial charge in [0.1, 0.15) is 0 Å². The molecule has 0 aromatic carbocycles. The minimum absolute atomic E-state index is 0.0429. The first-order chi connectivity index (χ1) is 16.0. The maximum atomic E-state index is 4.54. The normalized spacial score (nSPS) is 19.3. The van der Waals surface area contributed by atoms with Crippen LogP contribution in [0.15, 0.2) is 0 Å². The Labute approximate surface area is 284 Å². The van der Waals surface area contributed by atoms with Crippen molar-refractivity contribution in [3.05, 3.63) is 0 Å². The van der Waals surface area contributed by atoms with E-state index in [-0.39, 0.29) is 3.91 Å². The lowest BCUT2D eigenvalue weighted by Crippen LogP contribution is -2.19. The van der Waals surface area contributed by atoms with E-state index in [9.17, 15) is 0 Å². The molecular formula is C15H30S18. The summed E-state index contributed by atoms with van der Waals surface area (Å²) in [5.41, 5.74) is 0. The SMILES string of the molecule is CSC(SSCSC(SCS)C(SCS)SCSC(SCS)C(SC)SC(S)S)C1SCS1. The Morgan fingerprint density at radius 3 is 1.64 bits per heavy atom. The van der Waals surface area contributed by atoms with Crippen LogP contribution in [-0.4, -0.2) is 74.4 Å². The minimum Gasteiger partial charge on any atom is -0.168 e. The van der Waals surface area contributed by atoms with Crippen LogP contribution >= 0.6 is 214 Å². The van der Waals surface area contributed by atoms with Crippen LogP contribution in [0.4, 0.5) is 0 Å². The third kappa shape index (κ3) is 17.1. The molecular weight excluding hydrogens is 757 g/mol. The lowest BCUT2D eigenvalue weighted by atomic mass is 10.9.